The smallest absolute Gasteiger partial charge is 0.227 e. The zero-order valence-corrected chi connectivity index (χ0v) is 16.9. The maximum atomic E-state index is 9.43. The van der Waals surface area contributed by atoms with Crippen LogP contribution in [0.3, 0.4) is 0 Å². The molecule has 4 rings (SSSR count). The Hall–Kier alpha value is -2.83. The maximum Gasteiger partial charge on any atom is 0.227 e. The highest BCUT2D eigenvalue weighted by molar-refractivity contribution is 8.00. The fraction of sp³-hybridized carbons (Fsp3) is 0.217. The van der Waals surface area contributed by atoms with E-state index >= 15 is 0 Å². The van der Waals surface area contributed by atoms with Crippen molar-refractivity contribution in [1.82, 2.24) is 9.97 Å². The van der Waals surface area contributed by atoms with Crippen molar-refractivity contribution in [3.63, 3.8) is 0 Å². The van der Waals surface area contributed by atoms with Gasteiger partial charge >= 0.3 is 0 Å². The molecule has 2 N–H and O–H groups in total. The first kappa shape index (κ1) is 19.5. The summed E-state index contributed by atoms with van der Waals surface area (Å²) in [6.45, 7) is 5.26. The first-order valence-electron chi connectivity index (χ1n) is 9.60. The molecule has 29 heavy (non-hydrogen) atoms. The Labute approximate surface area is 174 Å². The second-order valence-corrected chi connectivity index (χ2v) is 8.24. The van der Waals surface area contributed by atoms with E-state index < -0.39 is 0 Å². The lowest BCUT2D eigenvalue weighted by molar-refractivity contribution is 0.100. The van der Waals surface area contributed by atoms with Gasteiger partial charge in [-0.05, 0) is 55.3 Å². The summed E-state index contributed by atoms with van der Waals surface area (Å²) in [5.74, 6) is 0.576. The molecule has 0 bridgehead atoms. The fourth-order valence-corrected chi connectivity index (χ4v) is 4.25. The minimum absolute atomic E-state index is 0.0493. The Bertz CT molecular complexity index is 968. The monoisotopic (exact) mass is 405 g/mol. The third kappa shape index (κ3) is 5.16. The van der Waals surface area contributed by atoms with Crippen molar-refractivity contribution in [3.05, 3.63) is 72.9 Å². The van der Waals surface area contributed by atoms with Gasteiger partial charge in [0, 0.05) is 46.4 Å². The van der Waals surface area contributed by atoms with Gasteiger partial charge in [-0.1, -0.05) is 18.7 Å². The molecule has 148 valence electrons. The van der Waals surface area contributed by atoms with Crippen LogP contribution in [0, 0.1) is 0 Å². The third-order valence-electron chi connectivity index (χ3n) is 4.75. The largest absolute Gasteiger partial charge is 0.508 e. The number of thioether (sulfide) groups is 1. The summed E-state index contributed by atoms with van der Waals surface area (Å²) in [5.41, 5.74) is 3.45. The number of aromatic nitrogens is 2. The molecule has 6 heteroatoms. The molecule has 0 saturated carbocycles. The summed E-state index contributed by atoms with van der Waals surface area (Å²) in [4.78, 5) is 10.2. The summed E-state index contributed by atoms with van der Waals surface area (Å²) in [5, 5.41) is 13.3. The minimum atomic E-state index is 0.0493. The lowest BCUT2D eigenvalue weighted by Crippen LogP contribution is -2.17. The molecule has 0 radical (unpaired) electrons. The Morgan fingerprint density at radius 3 is 2.45 bits per heavy atom. The number of rotatable bonds is 6. The molecule has 1 fully saturated rings. The standard InChI is InChI=1S/C23H23N3O2S/c1-16(27)17-2-6-19(7-3-17)25-23-24-13-10-22(26-23)18-4-8-20(9-5-18)29-21-11-14-28-15-12-21/h2-10,13,21,27H,1,11-12,14-15H2,(H,24,25,26). The topological polar surface area (TPSA) is 67.3 Å². The van der Waals surface area contributed by atoms with E-state index in [4.69, 9.17) is 4.74 Å². The average molecular weight is 406 g/mol. The van der Waals surface area contributed by atoms with Gasteiger partial charge in [-0.15, -0.1) is 11.8 Å². The van der Waals surface area contributed by atoms with Crippen molar-refractivity contribution in [2.45, 2.75) is 23.0 Å². The van der Waals surface area contributed by atoms with Crippen molar-refractivity contribution < 1.29 is 9.84 Å². The molecule has 0 atom stereocenters. The SMILES string of the molecule is C=C(O)c1ccc(Nc2nccc(-c3ccc(SC4CCOCC4)cc3)n2)cc1. The van der Waals surface area contributed by atoms with Crippen LogP contribution in [0.25, 0.3) is 17.0 Å². The Kier molecular flexibility index (Phi) is 6.12. The number of nitrogens with one attached hydrogen (secondary N) is 1. The van der Waals surface area contributed by atoms with Gasteiger partial charge in [-0.2, -0.15) is 0 Å². The van der Waals surface area contributed by atoms with E-state index in [1.165, 1.54) is 4.90 Å². The zero-order chi connectivity index (χ0) is 20.1. The Morgan fingerprint density at radius 1 is 1.03 bits per heavy atom. The molecule has 0 amide bonds. The highest BCUT2D eigenvalue weighted by Gasteiger charge is 2.15. The number of hydrogen-bond acceptors (Lipinski definition) is 6. The summed E-state index contributed by atoms with van der Waals surface area (Å²) in [6.07, 6.45) is 3.97. The molecule has 1 saturated heterocycles. The molecule has 5 nitrogen and oxygen atoms in total. The highest BCUT2D eigenvalue weighted by atomic mass is 32.2. The van der Waals surface area contributed by atoms with Gasteiger partial charge in [0.05, 0.1) is 5.69 Å². The van der Waals surface area contributed by atoms with E-state index in [2.05, 4.69) is 46.1 Å². The second-order valence-electron chi connectivity index (χ2n) is 6.87. The van der Waals surface area contributed by atoms with Crippen molar-refractivity contribution in [1.29, 1.82) is 0 Å². The molecule has 1 aliphatic heterocycles. The normalized spacial score (nSPS) is 14.5. The van der Waals surface area contributed by atoms with Crippen molar-refractivity contribution in [2.75, 3.05) is 18.5 Å². The molecule has 0 spiro atoms. The molecule has 3 aromatic rings. The molecular weight excluding hydrogens is 382 g/mol. The molecule has 2 aromatic carbocycles. The van der Waals surface area contributed by atoms with Gasteiger partial charge in [0.2, 0.25) is 5.95 Å². The summed E-state index contributed by atoms with van der Waals surface area (Å²) in [7, 11) is 0. The van der Waals surface area contributed by atoms with E-state index in [0.29, 0.717) is 16.8 Å². The van der Waals surface area contributed by atoms with Crippen LogP contribution in [0.15, 0.2) is 72.3 Å². The summed E-state index contributed by atoms with van der Waals surface area (Å²) >= 11 is 1.93. The van der Waals surface area contributed by atoms with Gasteiger partial charge < -0.3 is 15.2 Å². The van der Waals surface area contributed by atoms with E-state index in [1.807, 2.05) is 30.0 Å². The van der Waals surface area contributed by atoms with Crippen molar-refractivity contribution >= 4 is 29.2 Å². The van der Waals surface area contributed by atoms with Crippen LogP contribution >= 0.6 is 11.8 Å². The lowest BCUT2D eigenvalue weighted by Gasteiger charge is -2.21. The number of hydrogen-bond donors (Lipinski definition) is 2. The number of aliphatic hydroxyl groups is 1. The van der Waals surface area contributed by atoms with Crippen LogP contribution in [0.2, 0.25) is 0 Å². The first-order chi connectivity index (χ1) is 14.2. The lowest BCUT2D eigenvalue weighted by atomic mass is 10.1. The van der Waals surface area contributed by atoms with Gasteiger partial charge in [0.15, 0.2) is 0 Å². The van der Waals surface area contributed by atoms with E-state index in [9.17, 15) is 5.11 Å². The molecule has 0 aliphatic carbocycles. The number of nitrogens with zero attached hydrogens (tertiary/aromatic N) is 2. The van der Waals surface area contributed by atoms with Crippen LogP contribution < -0.4 is 5.32 Å². The molecular formula is C23H23N3O2S. The number of benzene rings is 2. The predicted octanol–water partition coefficient (Wildman–Crippen LogP) is 5.69. The Balaban J connectivity index is 1.44. The van der Waals surface area contributed by atoms with Crippen molar-refractivity contribution in [3.8, 4) is 11.3 Å². The van der Waals surface area contributed by atoms with E-state index in [1.54, 1.807) is 18.3 Å². The van der Waals surface area contributed by atoms with Gasteiger partial charge in [0.1, 0.15) is 5.76 Å². The zero-order valence-electron chi connectivity index (χ0n) is 16.0. The molecule has 1 aromatic heterocycles. The third-order valence-corrected chi connectivity index (χ3v) is 6.10. The number of aliphatic hydroxyl groups excluding tert-OH is 1. The van der Waals surface area contributed by atoms with Crippen LogP contribution in [-0.2, 0) is 4.74 Å². The van der Waals surface area contributed by atoms with Gasteiger partial charge in [-0.25, -0.2) is 9.97 Å². The number of anilines is 2. The summed E-state index contributed by atoms with van der Waals surface area (Å²) < 4.78 is 5.44. The average Bonchev–Trinajstić information content (AvgIpc) is 2.76. The predicted molar refractivity (Wildman–Crippen MR) is 119 cm³/mol. The van der Waals surface area contributed by atoms with Crippen LogP contribution in [0.1, 0.15) is 18.4 Å². The minimum Gasteiger partial charge on any atom is -0.508 e. The first-order valence-corrected chi connectivity index (χ1v) is 10.5. The van der Waals surface area contributed by atoms with Gasteiger partial charge in [-0.3, -0.25) is 0 Å². The van der Waals surface area contributed by atoms with Gasteiger partial charge in [0.25, 0.3) is 0 Å². The molecule has 0 unspecified atom stereocenters. The second kappa shape index (κ2) is 9.11. The van der Waals surface area contributed by atoms with E-state index in [0.717, 1.165) is 43.0 Å². The maximum absolute atomic E-state index is 9.43. The van der Waals surface area contributed by atoms with Crippen LogP contribution in [-0.4, -0.2) is 33.5 Å². The van der Waals surface area contributed by atoms with Crippen molar-refractivity contribution in [2.24, 2.45) is 0 Å². The Morgan fingerprint density at radius 2 is 1.76 bits per heavy atom. The van der Waals surface area contributed by atoms with Crippen LogP contribution in [0.4, 0.5) is 11.6 Å². The fourth-order valence-electron chi connectivity index (χ4n) is 3.15. The number of ether oxygens (including phenoxy) is 1. The summed E-state index contributed by atoms with van der Waals surface area (Å²) in [6, 6.07) is 17.7. The molecule has 2 heterocycles. The van der Waals surface area contributed by atoms with Crippen LogP contribution in [0.5, 0.6) is 0 Å². The highest BCUT2D eigenvalue weighted by Crippen LogP contribution is 2.31. The van der Waals surface area contributed by atoms with E-state index in [-0.39, 0.29) is 5.76 Å². The quantitative estimate of drug-likeness (QED) is 0.514. The molecule has 1 aliphatic rings.